The zero-order valence-corrected chi connectivity index (χ0v) is 13.2. The molecule has 1 N–H and O–H groups in total. The Bertz CT molecular complexity index is 434. The molecule has 0 saturated carbocycles. The minimum atomic E-state index is 0.302. The van der Waals surface area contributed by atoms with Gasteiger partial charge in [-0.25, -0.2) is 0 Å². The van der Waals surface area contributed by atoms with E-state index in [0.717, 1.165) is 48.9 Å². The van der Waals surface area contributed by atoms with E-state index in [1.165, 1.54) is 25.7 Å². The van der Waals surface area contributed by atoms with Gasteiger partial charge in [0.2, 0.25) is 6.79 Å². The normalized spacial score (nSPS) is 12.7. The minimum Gasteiger partial charge on any atom is -0.493 e. The fourth-order valence-electron chi connectivity index (χ4n) is 2.39. The van der Waals surface area contributed by atoms with E-state index in [-0.39, 0.29) is 0 Å². The SMILES string of the molecule is CCCCCCCOc1cc2c(cc1CNCC)OCO2. The molecule has 1 aliphatic heterocycles. The highest BCUT2D eigenvalue weighted by atomic mass is 16.7. The molecule has 1 heterocycles. The second-order valence-corrected chi connectivity index (χ2v) is 5.36. The van der Waals surface area contributed by atoms with Crippen LogP contribution in [0.1, 0.15) is 51.5 Å². The maximum Gasteiger partial charge on any atom is 0.231 e. The van der Waals surface area contributed by atoms with Gasteiger partial charge in [-0.2, -0.15) is 0 Å². The molecule has 0 fully saturated rings. The topological polar surface area (TPSA) is 39.7 Å². The van der Waals surface area contributed by atoms with Crippen LogP contribution in [0.25, 0.3) is 0 Å². The second kappa shape index (κ2) is 8.78. The first-order valence-corrected chi connectivity index (χ1v) is 8.11. The van der Waals surface area contributed by atoms with Crippen LogP contribution in [-0.4, -0.2) is 19.9 Å². The molecule has 4 nitrogen and oxygen atoms in total. The summed E-state index contributed by atoms with van der Waals surface area (Å²) in [5, 5.41) is 3.34. The van der Waals surface area contributed by atoms with E-state index in [9.17, 15) is 0 Å². The minimum absolute atomic E-state index is 0.302. The summed E-state index contributed by atoms with van der Waals surface area (Å²) in [5.41, 5.74) is 1.13. The summed E-state index contributed by atoms with van der Waals surface area (Å²) in [6, 6.07) is 3.98. The van der Waals surface area contributed by atoms with Gasteiger partial charge in [0.25, 0.3) is 0 Å². The summed E-state index contributed by atoms with van der Waals surface area (Å²) in [6.07, 6.45) is 6.23. The largest absolute Gasteiger partial charge is 0.493 e. The first-order chi connectivity index (χ1) is 10.3. The van der Waals surface area contributed by atoms with Gasteiger partial charge >= 0.3 is 0 Å². The number of fused-ring (bicyclic) bond motifs is 1. The maximum atomic E-state index is 5.96. The van der Waals surface area contributed by atoms with Crippen LogP contribution in [-0.2, 0) is 6.54 Å². The van der Waals surface area contributed by atoms with Gasteiger partial charge in [0.1, 0.15) is 5.75 Å². The third kappa shape index (κ3) is 4.81. The molecule has 21 heavy (non-hydrogen) atoms. The number of unbranched alkanes of at least 4 members (excludes halogenated alkanes) is 4. The molecular weight excluding hydrogens is 266 g/mol. The molecule has 0 unspecified atom stereocenters. The predicted octanol–water partition coefficient (Wildman–Crippen LogP) is 3.87. The summed E-state index contributed by atoms with van der Waals surface area (Å²) >= 11 is 0. The highest BCUT2D eigenvalue weighted by molar-refractivity contribution is 5.51. The maximum absolute atomic E-state index is 5.96. The molecular formula is C17H27NO3. The van der Waals surface area contributed by atoms with E-state index >= 15 is 0 Å². The average molecular weight is 293 g/mol. The van der Waals surface area contributed by atoms with Crippen molar-refractivity contribution in [3.05, 3.63) is 17.7 Å². The third-order valence-corrected chi connectivity index (χ3v) is 3.63. The molecule has 0 aliphatic carbocycles. The van der Waals surface area contributed by atoms with Crippen LogP contribution in [0.3, 0.4) is 0 Å². The van der Waals surface area contributed by atoms with Gasteiger partial charge < -0.3 is 19.5 Å². The van der Waals surface area contributed by atoms with Crippen molar-refractivity contribution in [2.75, 3.05) is 19.9 Å². The highest BCUT2D eigenvalue weighted by Gasteiger charge is 2.17. The Labute approximate surface area is 127 Å². The first kappa shape index (κ1) is 16.0. The standard InChI is InChI=1S/C17H27NO3/c1-3-5-6-7-8-9-19-15-11-17-16(20-13-21-17)10-14(15)12-18-4-2/h10-11,18H,3-9,12-13H2,1-2H3. The van der Waals surface area contributed by atoms with E-state index in [0.29, 0.717) is 6.79 Å². The Hall–Kier alpha value is -1.42. The number of hydrogen-bond donors (Lipinski definition) is 1. The van der Waals surface area contributed by atoms with E-state index in [2.05, 4.69) is 19.2 Å². The molecule has 0 radical (unpaired) electrons. The zero-order valence-electron chi connectivity index (χ0n) is 13.2. The van der Waals surface area contributed by atoms with Crippen LogP contribution in [0.15, 0.2) is 12.1 Å². The number of rotatable bonds is 10. The number of nitrogens with one attached hydrogen (secondary N) is 1. The lowest BCUT2D eigenvalue weighted by atomic mass is 10.1. The van der Waals surface area contributed by atoms with E-state index in [1.807, 2.05) is 12.1 Å². The summed E-state index contributed by atoms with van der Waals surface area (Å²) in [6.45, 7) is 7.12. The second-order valence-electron chi connectivity index (χ2n) is 5.36. The molecule has 0 aromatic heterocycles. The fourth-order valence-corrected chi connectivity index (χ4v) is 2.39. The van der Waals surface area contributed by atoms with Gasteiger partial charge in [-0.15, -0.1) is 0 Å². The summed E-state index contributed by atoms with van der Waals surface area (Å²) < 4.78 is 16.8. The van der Waals surface area contributed by atoms with Crippen molar-refractivity contribution < 1.29 is 14.2 Å². The molecule has 118 valence electrons. The Balaban J connectivity index is 1.90. The van der Waals surface area contributed by atoms with Gasteiger partial charge in [0.05, 0.1) is 6.61 Å². The molecule has 1 aromatic carbocycles. The molecule has 0 spiro atoms. The highest BCUT2D eigenvalue weighted by Crippen LogP contribution is 2.38. The fraction of sp³-hybridized carbons (Fsp3) is 0.647. The van der Waals surface area contributed by atoms with Crippen LogP contribution < -0.4 is 19.5 Å². The zero-order chi connectivity index (χ0) is 14.9. The quantitative estimate of drug-likeness (QED) is 0.665. The molecule has 0 amide bonds. The van der Waals surface area contributed by atoms with Gasteiger partial charge in [0.15, 0.2) is 11.5 Å². The molecule has 1 aromatic rings. The number of hydrogen-bond acceptors (Lipinski definition) is 4. The third-order valence-electron chi connectivity index (χ3n) is 3.63. The molecule has 0 atom stereocenters. The van der Waals surface area contributed by atoms with Crippen molar-refractivity contribution in [1.29, 1.82) is 0 Å². The predicted molar refractivity (Wildman–Crippen MR) is 84.2 cm³/mol. The average Bonchev–Trinajstić information content (AvgIpc) is 2.95. The Morgan fingerprint density at radius 3 is 2.57 bits per heavy atom. The Kier molecular flexibility index (Phi) is 6.67. The molecule has 0 bridgehead atoms. The molecule has 0 saturated heterocycles. The summed E-state index contributed by atoms with van der Waals surface area (Å²) in [5.74, 6) is 2.52. The molecule has 4 heteroatoms. The van der Waals surface area contributed by atoms with E-state index in [4.69, 9.17) is 14.2 Å². The smallest absolute Gasteiger partial charge is 0.231 e. The monoisotopic (exact) mass is 293 g/mol. The van der Waals surface area contributed by atoms with E-state index < -0.39 is 0 Å². The Morgan fingerprint density at radius 1 is 1.05 bits per heavy atom. The van der Waals surface area contributed by atoms with Gasteiger partial charge in [-0.05, 0) is 19.0 Å². The van der Waals surface area contributed by atoms with Crippen molar-refractivity contribution in [1.82, 2.24) is 5.32 Å². The van der Waals surface area contributed by atoms with Crippen LogP contribution >= 0.6 is 0 Å². The lowest BCUT2D eigenvalue weighted by Gasteiger charge is -2.13. The van der Waals surface area contributed by atoms with Crippen LogP contribution in [0.5, 0.6) is 17.2 Å². The van der Waals surface area contributed by atoms with Crippen molar-refractivity contribution in [3.63, 3.8) is 0 Å². The van der Waals surface area contributed by atoms with Crippen molar-refractivity contribution in [3.8, 4) is 17.2 Å². The van der Waals surface area contributed by atoms with Crippen molar-refractivity contribution in [2.45, 2.75) is 52.5 Å². The van der Waals surface area contributed by atoms with Gasteiger partial charge in [-0.3, -0.25) is 0 Å². The molecule has 2 rings (SSSR count). The Morgan fingerprint density at radius 2 is 1.81 bits per heavy atom. The lowest BCUT2D eigenvalue weighted by Crippen LogP contribution is -2.13. The number of benzene rings is 1. The molecule has 1 aliphatic rings. The van der Waals surface area contributed by atoms with Crippen molar-refractivity contribution >= 4 is 0 Å². The summed E-state index contributed by atoms with van der Waals surface area (Å²) in [4.78, 5) is 0. The van der Waals surface area contributed by atoms with Crippen LogP contribution in [0.2, 0.25) is 0 Å². The van der Waals surface area contributed by atoms with E-state index in [1.54, 1.807) is 0 Å². The lowest BCUT2D eigenvalue weighted by molar-refractivity contribution is 0.173. The van der Waals surface area contributed by atoms with Gasteiger partial charge in [0, 0.05) is 18.2 Å². The summed E-state index contributed by atoms with van der Waals surface area (Å²) in [7, 11) is 0. The van der Waals surface area contributed by atoms with Gasteiger partial charge in [-0.1, -0.05) is 39.5 Å². The first-order valence-electron chi connectivity index (χ1n) is 8.11. The van der Waals surface area contributed by atoms with Crippen molar-refractivity contribution in [2.24, 2.45) is 0 Å². The van der Waals surface area contributed by atoms with Crippen LogP contribution in [0, 0.1) is 0 Å². The van der Waals surface area contributed by atoms with Crippen LogP contribution in [0.4, 0.5) is 0 Å². The number of ether oxygens (including phenoxy) is 3.